The van der Waals surface area contributed by atoms with Crippen LogP contribution in [0.3, 0.4) is 0 Å². The number of hydrogen-bond acceptors (Lipinski definition) is 3. The SMILES string of the molecule is C=C.CO.OCCO. The van der Waals surface area contributed by atoms with Crippen LogP contribution in [0.2, 0.25) is 0 Å². The van der Waals surface area contributed by atoms with Gasteiger partial charge in [-0.25, -0.2) is 0 Å². The van der Waals surface area contributed by atoms with Crippen LogP contribution in [0.5, 0.6) is 0 Å². The molecule has 8 heavy (non-hydrogen) atoms. The third-order valence-corrected chi connectivity index (χ3v) is 0.1000. The van der Waals surface area contributed by atoms with E-state index in [0.29, 0.717) is 0 Å². The van der Waals surface area contributed by atoms with E-state index >= 15 is 0 Å². The summed E-state index contributed by atoms with van der Waals surface area (Å²) >= 11 is 0. The van der Waals surface area contributed by atoms with Gasteiger partial charge in [0, 0.05) is 7.11 Å². The van der Waals surface area contributed by atoms with Crippen LogP contribution in [0.15, 0.2) is 13.2 Å². The van der Waals surface area contributed by atoms with E-state index in [-0.39, 0.29) is 13.2 Å². The number of hydrogen-bond donors (Lipinski definition) is 3. The summed E-state index contributed by atoms with van der Waals surface area (Å²) in [6.07, 6.45) is 0. The summed E-state index contributed by atoms with van der Waals surface area (Å²) in [6.45, 7) is 5.75. The maximum atomic E-state index is 7.62. The van der Waals surface area contributed by atoms with Crippen molar-refractivity contribution in [2.45, 2.75) is 0 Å². The van der Waals surface area contributed by atoms with Crippen molar-refractivity contribution in [2.24, 2.45) is 0 Å². The minimum absolute atomic E-state index is 0.125. The molecule has 0 heterocycles. The second kappa shape index (κ2) is 79.7. The Morgan fingerprint density at radius 3 is 1.12 bits per heavy atom. The van der Waals surface area contributed by atoms with Crippen LogP contribution >= 0.6 is 0 Å². The average molecular weight is 122 g/mol. The van der Waals surface area contributed by atoms with Crippen LogP contribution in [0, 0.1) is 0 Å². The predicted octanol–water partition coefficient (Wildman–Crippen LogP) is -0.618. The quantitative estimate of drug-likeness (QED) is 0.406. The first kappa shape index (κ1) is 15.6. The highest BCUT2D eigenvalue weighted by Gasteiger charge is 1.58. The molecular weight excluding hydrogens is 108 g/mol. The molecule has 52 valence electrons. The first-order valence-corrected chi connectivity index (χ1v) is 2.08. The molecule has 3 heteroatoms. The molecule has 0 atom stereocenters. The molecule has 0 unspecified atom stereocenters. The number of aliphatic hydroxyl groups excluding tert-OH is 3. The predicted molar refractivity (Wildman–Crippen MR) is 33.6 cm³/mol. The van der Waals surface area contributed by atoms with Crippen LogP contribution in [0.25, 0.3) is 0 Å². The topological polar surface area (TPSA) is 60.7 Å². The van der Waals surface area contributed by atoms with Crippen molar-refractivity contribution in [1.29, 1.82) is 0 Å². The van der Waals surface area contributed by atoms with Crippen molar-refractivity contribution in [3.05, 3.63) is 13.2 Å². The zero-order valence-electron chi connectivity index (χ0n) is 5.17. The summed E-state index contributed by atoms with van der Waals surface area (Å²) in [5.41, 5.74) is 0. The van der Waals surface area contributed by atoms with E-state index < -0.39 is 0 Å². The molecule has 0 aliphatic heterocycles. The van der Waals surface area contributed by atoms with Gasteiger partial charge in [-0.15, -0.1) is 13.2 Å². The number of rotatable bonds is 1. The average Bonchev–Trinajstić information content (AvgIpc) is 1.96. The molecule has 3 nitrogen and oxygen atoms in total. The molecule has 0 fully saturated rings. The molecule has 0 radical (unpaired) electrons. The van der Waals surface area contributed by atoms with Crippen molar-refractivity contribution in [1.82, 2.24) is 0 Å². The van der Waals surface area contributed by atoms with E-state index in [9.17, 15) is 0 Å². The highest BCUT2D eigenvalue weighted by Crippen LogP contribution is 1.39. The van der Waals surface area contributed by atoms with Gasteiger partial charge < -0.3 is 15.3 Å². The maximum absolute atomic E-state index is 7.62. The Labute approximate surface area is 49.9 Å². The van der Waals surface area contributed by atoms with Gasteiger partial charge in [-0.05, 0) is 0 Å². The molecule has 0 aromatic rings. The van der Waals surface area contributed by atoms with Gasteiger partial charge in [-0.2, -0.15) is 0 Å². The molecule has 0 saturated heterocycles. The van der Waals surface area contributed by atoms with Crippen LogP contribution in [0.4, 0.5) is 0 Å². The standard InChI is InChI=1S/C2H6O2.C2H4.CH4O/c3-1-2-4;2*1-2/h3-4H,1-2H2;1-2H2;2H,1H3. The Morgan fingerprint density at radius 2 is 1.12 bits per heavy atom. The molecule has 0 aliphatic carbocycles. The van der Waals surface area contributed by atoms with Gasteiger partial charge in [-0.1, -0.05) is 0 Å². The lowest BCUT2D eigenvalue weighted by molar-refractivity contribution is 0.186. The Morgan fingerprint density at radius 1 is 1.00 bits per heavy atom. The Hall–Kier alpha value is -0.380. The van der Waals surface area contributed by atoms with Gasteiger partial charge in [0.05, 0.1) is 13.2 Å². The molecular formula is C5H14O3. The van der Waals surface area contributed by atoms with Gasteiger partial charge in [0.2, 0.25) is 0 Å². The summed E-state index contributed by atoms with van der Waals surface area (Å²) in [7, 11) is 1.00. The second-order valence-corrected chi connectivity index (χ2v) is 0.447. The largest absolute Gasteiger partial charge is 0.400 e. The summed E-state index contributed by atoms with van der Waals surface area (Å²) in [5, 5.41) is 22.2. The fraction of sp³-hybridized carbons (Fsp3) is 0.600. The van der Waals surface area contributed by atoms with E-state index in [2.05, 4.69) is 13.2 Å². The Kier molecular flexibility index (Phi) is 156. The molecule has 0 aromatic carbocycles. The molecule has 0 bridgehead atoms. The molecule has 3 N–H and O–H groups in total. The molecule has 0 spiro atoms. The Bertz CT molecular complexity index is 15.1. The lowest BCUT2D eigenvalue weighted by atomic mass is 10.8. The van der Waals surface area contributed by atoms with Crippen LogP contribution in [-0.2, 0) is 0 Å². The fourth-order valence-electron chi connectivity index (χ4n) is 0. The first-order chi connectivity index (χ1) is 3.91. The molecule has 0 rings (SSSR count). The lowest BCUT2D eigenvalue weighted by Gasteiger charge is -1.70. The first-order valence-electron chi connectivity index (χ1n) is 2.08. The fourth-order valence-corrected chi connectivity index (χ4v) is 0. The monoisotopic (exact) mass is 122 g/mol. The van der Waals surface area contributed by atoms with E-state index in [1.165, 1.54) is 0 Å². The summed E-state index contributed by atoms with van der Waals surface area (Å²) in [5.74, 6) is 0. The van der Waals surface area contributed by atoms with E-state index in [1.807, 2.05) is 0 Å². The summed E-state index contributed by atoms with van der Waals surface area (Å²) in [6, 6.07) is 0. The zero-order chi connectivity index (χ0) is 7.41. The van der Waals surface area contributed by atoms with E-state index in [0.717, 1.165) is 7.11 Å². The number of aliphatic hydroxyl groups is 3. The van der Waals surface area contributed by atoms with Gasteiger partial charge in [0.25, 0.3) is 0 Å². The van der Waals surface area contributed by atoms with Crippen molar-refractivity contribution in [3.8, 4) is 0 Å². The minimum atomic E-state index is -0.125. The molecule has 0 aliphatic rings. The van der Waals surface area contributed by atoms with Crippen molar-refractivity contribution < 1.29 is 15.3 Å². The summed E-state index contributed by atoms with van der Waals surface area (Å²) < 4.78 is 0. The molecule has 0 amide bonds. The summed E-state index contributed by atoms with van der Waals surface area (Å²) in [4.78, 5) is 0. The van der Waals surface area contributed by atoms with Gasteiger partial charge in [-0.3, -0.25) is 0 Å². The van der Waals surface area contributed by atoms with E-state index in [1.54, 1.807) is 0 Å². The van der Waals surface area contributed by atoms with E-state index in [4.69, 9.17) is 15.3 Å². The van der Waals surface area contributed by atoms with Gasteiger partial charge >= 0.3 is 0 Å². The van der Waals surface area contributed by atoms with Crippen LogP contribution in [-0.4, -0.2) is 35.6 Å². The highest BCUT2D eigenvalue weighted by atomic mass is 16.3. The van der Waals surface area contributed by atoms with Crippen molar-refractivity contribution in [3.63, 3.8) is 0 Å². The third-order valence-electron chi connectivity index (χ3n) is 0.1000. The lowest BCUT2D eigenvalue weighted by Crippen LogP contribution is -1.85. The van der Waals surface area contributed by atoms with Crippen LogP contribution in [0.1, 0.15) is 0 Å². The molecule has 0 saturated carbocycles. The Balaban J connectivity index is -0.0000000542. The van der Waals surface area contributed by atoms with Crippen molar-refractivity contribution in [2.75, 3.05) is 20.3 Å². The highest BCUT2D eigenvalue weighted by molar-refractivity contribution is 4.22. The molecule has 0 aromatic heterocycles. The zero-order valence-corrected chi connectivity index (χ0v) is 5.17. The van der Waals surface area contributed by atoms with Crippen molar-refractivity contribution >= 4 is 0 Å². The van der Waals surface area contributed by atoms with Crippen LogP contribution < -0.4 is 0 Å². The van der Waals surface area contributed by atoms with Gasteiger partial charge in [0.15, 0.2) is 0 Å². The second-order valence-electron chi connectivity index (χ2n) is 0.447. The van der Waals surface area contributed by atoms with Gasteiger partial charge in [0.1, 0.15) is 0 Å². The third kappa shape index (κ3) is 312. The maximum Gasteiger partial charge on any atom is 0.0662 e. The smallest absolute Gasteiger partial charge is 0.0662 e. The minimum Gasteiger partial charge on any atom is -0.400 e. The normalized spacial score (nSPS) is 5.00.